The molecule has 0 saturated carbocycles. The van der Waals surface area contributed by atoms with E-state index >= 15 is 0 Å². The van der Waals surface area contributed by atoms with Crippen molar-refractivity contribution in [3.8, 4) is 0 Å². The van der Waals surface area contributed by atoms with Crippen LogP contribution in [0.15, 0.2) is 48.1 Å². The van der Waals surface area contributed by atoms with Gasteiger partial charge in [0, 0.05) is 6.54 Å². The van der Waals surface area contributed by atoms with Crippen molar-refractivity contribution in [2.45, 2.75) is 5.16 Å². The van der Waals surface area contributed by atoms with E-state index in [2.05, 4.69) is 27.1 Å². The molecule has 108 valence electrons. The molecular formula is C15H16N4OS. The van der Waals surface area contributed by atoms with Crippen molar-refractivity contribution in [1.29, 1.82) is 0 Å². The van der Waals surface area contributed by atoms with Gasteiger partial charge in [-0.3, -0.25) is 9.89 Å². The first-order chi connectivity index (χ1) is 10.3. The summed E-state index contributed by atoms with van der Waals surface area (Å²) in [5.74, 6) is 0.881. The summed E-state index contributed by atoms with van der Waals surface area (Å²) in [6.45, 7) is 4.01. The third-order valence-corrected chi connectivity index (χ3v) is 3.34. The quantitative estimate of drug-likeness (QED) is 0.608. The molecule has 2 N–H and O–H groups in total. The molecule has 1 amide bonds. The van der Waals surface area contributed by atoms with Crippen LogP contribution in [0, 0.1) is 0 Å². The smallest absolute Gasteiger partial charge is 0.230 e. The highest BCUT2D eigenvalue weighted by molar-refractivity contribution is 7.99. The number of aromatic amines is 1. The molecule has 0 aliphatic heterocycles. The minimum absolute atomic E-state index is 0.0638. The Labute approximate surface area is 127 Å². The molecule has 0 saturated heterocycles. The Kier molecular flexibility index (Phi) is 5.78. The number of benzene rings is 1. The number of carbonyl (C=O) groups is 1. The lowest BCUT2D eigenvalue weighted by atomic mass is 10.2. The molecule has 0 aliphatic rings. The molecule has 0 bridgehead atoms. The van der Waals surface area contributed by atoms with Crippen LogP contribution in [0.1, 0.15) is 11.4 Å². The summed E-state index contributed by atoms with van der Waals surface area (Å²) in [5, 5.41) is 10.1. The fraction of sp³-hybridized carbons (Fsp3) is 0.133. The van der Waals surface area contributed by atoms with Gasteiger partial charge in [0.2, 0.25) is 11.1 Å². The standard InChI is InChI=1S/C15H16N4OS/c1-2-10-16-14(20)11-21-15-17-13(18-19-15)9-8-12-6-4-3-5-7-12/h2-9H,1,10-11H2,(H,16,20)(H,17,18,19)/b9-8+. The Morgan fingerprint density at radius 1 is 1.33 bits per heavy atom. The summed E-state index contributed by atoms with van der Waals surface area (Å²) in [4.78, 5) is 15.7. The second-order valence-corrected chi connectivity index (χ2v) is 5.07. The van der Waals surface area contributed by atoms with Gasteiger partial charge >= 0.3 is 0 Å². The van der Waals surface area contributed by atoms with Gasteiger partial charge < -0.3 is 5.32 Å². The van der Waals surface area contributed by atoms with Crippen molar-refractivity contribution in [1.82, 2.24) is 20.5 Å². The van der Waals surface area contributed by atoms with Crippen LogP contribution < -0.4 is 5.32 Å². The molecule has 1 aromatic heterocycles. The first-order valence-electron chi connectivity index (χ1n) is 6.44. The highest BCUT2D eigenvalue weighted by Gasteiger charge is 2.05. The van der Waals surface area contributed by atoms with E-state index in [-0.39, 0.29) is 11.7 Å². The Balaban J connectivity index is 1.85. The van der Waals surface area contributed by atoms with Crippen LogP contribution in [0.3, 0.4) is 0 Å². The lowest BCUT2D eigenvalue weighted by molar-refractivity contribution is -0.118. The van der Waals surface area contributed by atoms with Crippen LogP contribution in [0.2, 0.25) is 0 Å². The highest BCUT2D eigenvalue weighted by atomic mass is 32.2. The Morgan fingerprint density at radius 2 is 2.14 bits per heavy atom. The minimum atomic E-state index is -0.0638. The number of rotatable bonds is 7. The number of carbonyl (C=O) groups excluding carboxylic acids is 1. The van der Waals surface area contributed by atoms with Crippen LogP contribution in [-0.4, -0.2) is 33.4 Å². The minimum Gasteiger partial charge on any atom is -0.352 e. The third-order valence-electron chi connectivity index (χ3n) is 2.49. The number of hydrogen-bond donors (Lipinski definition) is 2. The average molecular weight is 300 g/mol. The lowest BCUT2D eigenvalue weighted by Gasteiger charge is -1.98. The Morgan fingerprint density at radius 3 is 2.90 bits per heavy atom. The van der Waals surface area contributed by atoms with Crippen LogP contribution >= 0.6 is 11.8 Å². The van der Waals surface area contributed by atoms with Crippen LogP contribution in [0.4, 0.5) is 0 Å². The zero-order valence-electron chi connectivity index (χ0n) is 11.5. The fourth-order valence-corrected chi connectivity index (χ4v) is 2.14. The summed E-state index contributed by atoms with van der Waals surface area (Å²) in [6, 6.07) is 9.93. The largest absolute Gasteiger partial charge is 0.352 e. The van der Waals surface area contributed by atoms with Gasteiger partial charge in [0.15, 0.2) is 0 Å². The topological polar surface area (TPSA) is 70.7 Å². The Hall–Kier alpha value is -2.34. The molecular weight excluding hydrogens is 284 g/mol. The molecule has 2 rings (SSSR count). The lowest BCUT2D eigenvalue weighted by Crippen LogP contribution is -2.24. The maximum Gasteiger partial charge on any atom is 0.230 e. The first kappa shape index (κ1) is 15.1. The summed E-state index contributed by atoms with van der Waals surface area (Å²) < 4.78 is 0. The fourth-order valence-electron chi connectivity index (χ4n) is 1.50. The average Bonchev–Trinajstić information content (AvgIpc) is 2.98. The number of aromatic nitrogens is 3. The number of H-pyrrole nitrogens is 1. The number of thioether (sulfide) groups is 1. The predicted molar refractivity (Wildman–Crippen MR) is 85.7 cm³/mol. The van der Waals surface area contributed by atoms with Crippen molar-refractivity contribution in [2.24, 2.45) is 0 Å². The van der Waals surface area contributed by atoms with Crippen LogP contribution in [-0.2, 0) is 4.79 Å². The maximum absolute atomic E-state index is 11.4. The highest BCUT2D eigenvalue weighted by Crippen LogP contribution is 2.13. The van der Waals surface area contributed by atoms with Crippen molar-refractivity contribution < 1.29 is 4.79 Å². The van der Waals surface area contributed by atoms with Crippen LogP contribution in [0.5, 0.6) is 0 Å². The van der Waals surface area contributed by atoms with E-state index in [1.807, 2.05) is 42.5 Å². The molecule has 5 nitrogen and oxygen atoms in total. The van der Waals surface area contributed by atoms with Gasteiger partial charge in [0.1, 0.15) is 5.82 Å². The number of nitrogens with zero attached hydrogens (tertiary/aromatic N) is 2. The molecule has 0 fully saturated rings. The Bertz CT molecular complexity index is 622. The predicted octanol–water partition coefficient (Wildman–Crippen LogP) is 2.37. The van der Waals surface area contributed by atoms with E-state index in [0.717, 1.165) is 5.56 Å². The van der Waals surface area contributed by atoms with Crippen LogP contribution in [0.25, 0.3) is 12.2 Å². The molecule has 0 spiro atoms. The summed E-state index contributed by atoms with van der Waals surface area (Å²) in [5.41, 5.74) is 1.09. The molecule has 0 unspecified atom stereocenters. The number of nitrogens with one attached hydrogen (secondary N) is 2. The van der Waals surface area contributed by atoms with Crippen molar-refractivity contribution in [2.75, 3.05) is 12.3 Å². The third kappa shape index (κ3) is 5.27. The molecule has 1 aromatic carbocycles. The summed E-state index contributed by atoms with van der Waals surface area (Å²) in [6.07, 6.45) is 5.44. The molecule has 2 aromatic rings. The van der Waals surface area contributed by atoms with Gasteiger partial charge in [0.25, 0.3) is 0 Å². The van der Waals surface area contributed by atoms with Crippen molar-refractivity contribution >= 4 is 29.8 Å². The van der Waals surface area contributed by atoms with E-state index in [0.29, 0.717) is 17.5 Å². The molecule has 1 heterocycles. The van der Waals surface area contributed by atoms with E-state index in [1.54, 1.807) is 6.08 Å². The van der Waals surface area contributed by atoms with Gasteiger partial charge in [-0.05, 0) is 11.6 Å². The van der Waals surface area contributed by atoms with Gasteiger partial charge in [-0.2, -0.15) is 0 Å². The summed E-state index contributed by atoms with van der Waals surface area (Å²) in [7, 11) is 0. The zero-order chi connectivity index (χ0) is 14.9. The normalized spacial score (nSPS) is 10.7. The molecule has 6 heteroatoms. The van der Waals surface area contributed by atoms with E-state index in [9.17, 15) is 4.79 Å². The van der Waals surface area contributed by atoms with Crippen molar-refractivity contribution in [3.05, 3.63) is 54.4 Å². The van der Waals surface area contributed by atoms with Gasteiger partial charge in [-0.25, -0.2) is 4.98 Å². The maximum atomic E-state index is 11.4. The first-order valence-corrected chi connectivity index (χ1v) is 7.42. The summed E-state index contributed by atoms with van der Waals surface area (Å²) >= 11 is 1.29. The molecule has 21 heavy (non-hydrogen) atoms. The van der Waals surface area contributed by atoms with Gasteiger partial charge in [0.05, 0.1) is 5.75 Å². The number of hydrogen-bond acceptors (Lipinski definition) is 4. The molecule has 0 atom stereocenters. The van der Waals surface area contributed by atoms with E-state index in [4.69, 9.17) is 0 Å². The molecule has 0 radical (unpaired) electrons. The van der Waals surface area contributed by atoms with Gasteiger partial charge in [-0.15, -0.1) is 11.7 Å². The number of amides is 1. The SMILES string of the molecule is C=CCNC(=O)CSc1n[nH]c(/C=C/c2ccccc2)n1. The second kappa shape index (κ2) is 8.06. The zero-order valence-corrected chi connectivity index (χ0v) is 12.3. The monoisotopic (exact) mass is 300 g/mol. The second-order valence-electron chi connectivity index (χ2n) is 4.13. The van der Waals surface area contributed by atoms with E-state index < -0.39 is 0 Å². The van der Waals surface area contributed by atoms with Gasteiger partial charge in [-0.1, -0.05) is 54.2 Å². The molecule has 0 aliphatic carbocycles. The van der Waals surface area contributed by atoms with Crippen molar-refractivity contribution in [3.63, 3.8) is 0 Å². The van der Waals surface area contributed by atoms with E-state index in [1.165, 1.54) is 11.8 Å².